The fourth-order valence-corrected chi connectivity index (χ4v) is 1.63. The SMILES string of the molecule is COCCN(CCO)C(=O)c1cnc(Cl)c(Cl)c1. The quantitative estimate of drug-likeness (QED) is 0.807. The maximum Gasteiger partial charge on any atom is 0.255 e. The van der Waals surface area contributed by atoms with E-state index in [1.54, 1.807) is 7.11 Å². The molecule has 1 rings (SSSR count). The molecule has 0 radical (unpaired) electrons. The molecule has 18 heavy (non-hydrogen) atoms. The lowest BCUT2D eigenvalue weighted by molar-refractivity contribution is 0.0656. The van der Waals surface area contributed by atoms with E-state index < -0.39 is 0 Å². The first kappa shape index (κ1) is 15.2. The molecule has 0 spiro atoms. The molecule has 0 fully saturated rings. The number of aliphatic hydroxyl groups excluding tert-OH is 1. The Bertz CT molecular complexity index is 415. The van der Waals surface area contributed by atoms with E-state index in [2.05, 4.69) is 4.98 Å². The molecule has 0 aliphatic carbocycles. The van der Waals surface area contributed by atoms with Gasteiger partial charge in [-0.2, -0.15) is 0 Å². The Labute approximate surface area is 115 Å². The van der Waals surface area contributed by atoms with Gasteiger partial charge in [-0.05, 0) is 6.07 Å². The molecular weight excluding hydrogens is 279 g/mol. The Morgan fingerprint density at radius 1 is 1.50 bits per heavy atom. The van der Waals surface area contributed by atoms with Crippen LogP contribution in [0.5, 0.6) is 0 Å². The standard InChI is InChI=1S/C11H14Cl2N2O3/c1-18-5-3-15(2-4-16)11(17)8-6-9(12)10(13)14-7-8/h6-7,16H,2-5H2,1H3. The molecule has 5 nitrogen and oxygen atoms in total. The predicted molar refractivity (Wildman–Crippen MR) is 69.1 cm³/mol. The molecule has 1 amide bonds. The molecule has 7 heteroatoms. The minimum atomic E-state index is -0.271. The van der Waals surface area contributed by atoms with Gasteiger partial charge in [-0.15, -0.1) is 0 Å². The summed E-state index contributed by atoms with van der Waals surface area (Å²) in [5, 5.41) is 9.31. The Balaban J connectivity index is 2.83. The van der Waals surface area contributed by atoms with Crippen LogP contribution in [0.25, 0.3) is 0 Å². The maximum absolute atomic E-state index is 12.1. The molecule has 0 unspecified atom stereocenters. The lowest BCUT2D eigenvalue weighted by atomic mass is 10.2. The van der Waals surface area contributed by atoms with Crippen molar-refractivity contribution in [3.05, 3.63) is 28.0 Å². The van der Waals surface area contributed by atoms with Crippen molar-refractivity contribution < 1.29 is 14.6 Å². The highest BCUT2D eigenvalue weighted by atomic mass is 35.5. The van der Waals surface area contributed by atoms with Crippen LogP contribution in [-0.2, 0) is 4.74 Å². The molecular formula is C11H14Cl2N2O3. The van der Waals surface area contributed by atoms with Crippen molar-refractivity contribution >= 4 is 29.1 Å². The largest absolute Gasteiger partial charge is 0.395 e. The summed E-state index contributed by atoms with van der Waals surface area (Å²) in [6.45, 7) is 0.878. The summed E-state index contributed by atoms with van der Waals surface area (Å²) in [6, 6.07) is 1.45. The minimum Gasteiger partial charge on any atom is -0.395 e. The van der Waals surface area contributed by atoms with Crippen LogP contribution in [-0.4, -0.2) is 54.3 Å². The van der Waals surface area contributed by atoms with Crippen LogP contribution < -0.4 is 0 Å². The summed E-state index contributed by atoms with van der Waals surface area (Å²) in [6.07, 6.45) is 1.35. The van der Waals surface area contributed by atoms with Crippen LogP contribution in [0.2, 0.25) is 10.2 Å². The van der Waals surface area contributed by atoms with Gasteiger partial charge in [0.15, 0.2) is 0 Å². The van der Waals surface area contributed by atoms with Gasteiger partial charge in [0.05, 0.1) is 23.8 Å². The van der Waals surface area contributed by atoms with Crippen molar-refractivity contribution in [3.63, 3.8) is 0 Å². The number of nitrogens with zero attached hydrogens (tertiary/aromatic N) is 2. The molecule has 1 aromatic rings. The molecule has 1 aromatic heterocycles. The number of amides is 1. The van der Waals surface area contributed by atoms with E-state index in [4.69, 9.17) is 33.0 Å². The number of aliphatic hydroxyl groups is 1. The molecule has 0 aromatic carbocycles. The molecule has 100 valence electrons. The van der Waals surface area contributed by atoms with Crippen LogP contribution in [0.4, 0.5) is 0 Å². The van der Waals surface area contributed by atoms with Gasteiger partial charge in [-0.25, -0.2) is 4.98 Å². The first-order valence-electron chi connectivity index (χ1n) is 5.30. The van der Waals surface area contributed by atoms with E-state index in [1.165, 1.54) is 17.2 Å². The second-order valence-electron chi connectivity index (χ2n) is 3.51. The number of carbonyl (C=O) groups is 1. The smallest absolute Gasteiger partial charge is 0.255 e. The number of methoxy groups -OCH3 is 1. The third-order valence-electron chi connectivity index (χ3n) is 2.27. The monoisotopic (exact) mass is 292 g/mol. The topological polar surface area (TPSA) is 62.7 Å². The summed E-state index contributed by atoms with van der Waals surface area (Å²) >= 11 is 11.5. The van der Waals surface area contributed by atoms with Crippen LogP contribution in [0.15, 0.2) is 12.3 Å². The van der Waals surface area contributed by atoms with Crippen LogP contribution in [0.3, 0.4) is 0 Å². The van der Waals surface area contributed by atoms with E-state index in [0.29, 0.717) is 18.7 Å². The van der Waals surface area contributed by atoms with Gasteiger partial charge in [-0.3, -0.25) is 4.79 Å². The molecule has 0 saturated heterocycles. The molecule has 0 aliphatic heterocycles. The van der Waals surface area contributed by atoms with Gasteiger partial charge in [0.1, 0.15) is 5.15 Å². The van der Waals surface area contributed by atoms with Gasteiger partial charge >= 0.3 is 0 Å². The third-order valence-corrected chi connectivity index (χ3v) is 2.95. The Hall–Kier alpha value is -0.880. The number of halogens is 2. The first-order chi connectivity index (χ1) is 8.60. The van der Waals surface area contributed by atoms with E-state index in [0.717, 1.165) is 0 Å². The van der Waals surface area contributed by atoms with Crippen molar-refractivity contribution in [3.8, 4) is 0 Å². The van der Waals surface area contributed by atoms with Gasteiger partial charge in [0.2, 0.25) is 0 Å². The second-order valence-corrected chi connectivity index (χ2v) is 4.27. The average Bonchev–Trinajstić information content (AvgIpc) is 2.37. The zero-order valence-corrected chi connectivity index (χ0v) is 11.4. The molecule has 1 heterocycles. The van der Waals surface area contributed by atoms with E-state index >= 15 is 0 Å². The average molecular weight is 293 g/mol. The number of ether oxygens (including phenoxy) is 1. The third kappa shape index (κ3) is 4.10. The van der Waals surface area contributed by atoms with E-state index in [9.17, 15) is 4.79 Å². The van der Waals surface area contributed by atoms with Crippen molar-refractivity contribution in [2.45, 2.75) is 0 Å². The maximum atomic E-state index is 12.1. The lowest BCUT2D eigenvalue weighted by Gasteiger charge is -2.21. The van der Waals surface area contributed by atoms with E-state index in [-0.39, 0.29) is 29.2 Å². The highest BCUT2D eigenvalue weighted by Gasteiger charge is 2.16. The van der Waals surface area contributed by atoms with Crippen molar-refractivity contribution in [2.24, 2.45) is 0 Å². The summed E-state index contributed by atoms with van der Waals surface area (Å²) in [7, 11) is 1.54. The van der Waals surface area contributed by atoms with Gasteiger partial charge < -0.3 is 14.7 Å². The number of carbonyl (C=O) groups excluding carboxylic acids is 1. The van der Waals surface area contributed by atoms with Gasteiger partial charge in [-0.1, -0.05) is 23.2 Å². The van der Waals surface area contributed by atoms with Crippen molar-refractivity contribution in [1.29, 1.82) is 0 Å². The summed E-state index contributed by atoms with van der Waals surface area (Å²) < 4.78 is 4.91. The highest BCUT2D eigenvalue weighted by Crippen LogP contribution is 2.20. The van der Waals surface area contributed by atoms with Crippen LogP contribution in [0, 0.1) is 0 Å². The van der Waals surface area contributed by atoms with Crippen molar-refractivity contribution in [2.75, 3.05) is 33.4 Å². The molecule has 0 saturated carbocycles. The van der Waals surface area contributed by atoms with Crippen molar-refractivity contribution in [1.82, 2.24) is 9.88 Å². The number of pyridine rings is 1. The summed E-state index contributed by atoms with van der Waals surface area (Å²) in [5.41, 5.74) is 0.328. The highest BCUT2D eigenvalue weighted by molar-refractivity contribution is 6.41. The fourth-order valence-electron chi connectivity index (χ4n) is 1.36. The van der Waals surface area contributed by atoms with Gasteiger partial charge in [0, 0.05) is 26.4 Å². The fraction of sp³-hybridized carbons (Fsp3) is 0.455. The lowest BCUT2D eigenvalue weighted by Crippen LogP contribution is -2.36. The molecule has 0 aliphatic rings. The number of hydrogen-bond acceptors (Lipinski definition) is 4. The molecule has 1 N–H and O–H groups in total. The number of aromatic nitrogens is 1. The minimum absolute atomic E-state index is 0.121. The second kappa shape index (κ2) is 7.53. The zero-order chi connectivity index (χ0) is 13.5. The first-order valence-corrected chi connectivity index (χ1v) is 6.06. The number of hydrogen-bond donors (Lipinski definition) is 1. The summed E-state index contributed by atoms with van der Waals surface area (Å²) in [5.74, 6) is -0.271. The van der Waals surface area contributed by atoms with Gasteiger partial charge in [0.25, 0.3) is 5.91 Å². The normalized spacial score (nSPS) is 10.4. The zero-order valence-electron chi connectivity index (χ0n) is 9.90. The molecule has 0 bridgehead atoms. The number of rotatable bonds is 6. The Morgan fingerprint density at radius 2 is 2.22 bits per heavy atom. The Morgan fingerprint density at radius 3 is 2.78 bits per heavy atom. The predicted octanol–water partition coefficient (Wildman–Crippen LogP) is 1.47. The van der Waals surface area contributed by atoms with Crippen LogP contribution in [0.1, 0.15) is 10.4 Å². The van der Waals surface area contributed by atoms with E-state index in [1.807, 2.05) is 0 Å². The molecule has 0 atom stereocenters. The summed E-state index contributed by atoms with van der Waals surface area (Å²) in [4.78, 5) is 17.4. The Kier molecular flexibility index (Phi) is 6.35. The van der Waals surface area contributed by atoms with Crippen LogP contribution >= 0.6 is 23.2 Å².